The number of esters is 2. The molecule has 0 radical (unpaired) electrons. The van der Waals surface area contributed by atoms with Gasteiger partial charge in [0.15, 0.2) is 0 Å². The number of aryl methyl sites for hydroxylation is 2. The molecule has 2 fully saturated rings. The molecule has 284 valence electrons. The van der Waals surface area contributed by atoms with Crippen LogP contribution in [0.2, 0.25) is 0 Å². The van der Waals surface area contributed by atoms with Crippen LogP contribution in [0.1, 0.15) is 131 Å². The van der Waals surface area contributed by atoms with Crippen molar-refractivity contribution in [2.45, 2.75) is 121 Å². The highest BCUT2D eigenvalue weighted by Crippen LogP contribution is 2.50. The first kappa shape index (κ1) is 40.2. The highest BCUT2D eigenvalue weighted by molar-refractivity contribution is 5.90. The van der Waals surface area contributed by atoms with E-state index in [1.165, 1.54) is 68.9 Å². The maximum absolute atomic E-state index is 12.5. The lowest BCUT2D eigenvalue weighted by Crippen LogP contribution is -2.33. The molecule has 0 aromatic heterocycles. The van der Waals surface area contributed by atoms with Crippen molar-refractivity contribution >= 4 is 11.9 Å². The van der Waals surface area contributed by atoms with Crippen LogP contribution in [0.3, 0.4) is 0 Å². The fraction of sp³-hybridized carbons (Fsp3) is 0.489. The fourth-order valence-electron chi connectivity index (χ4n) is 8.58. The van der Waals surface area contributed by atoms with Crippen molar-refractivity contribution in [2.75, 3.05) is 13.2 Å². The smallest absolute Gasteiger partial charge is 0.341 e. The van der Waals surface area contributed by atoms with Crippen LogP contribution in [0.15, 0.2) is 91.0 Å². The first-order valence-corrected chi connectivity index (χ1v) is 20.0. The standard InChI is InChI=1S/C47H60O6/c1-5-7-8-9-35-10-12-36(13-11-35)14-15-37-16-18-39(19-17-37)40-26-28-47(29-27-40,41-20-23-43(24-21-41)52-45(50)33(3)31-48)42-22-25-44(38(6-2)30-42)53-46(51)34(4)32-49/h16-25,30,35-36,40,48-49H,3-15,26-29,31-32H2,1-2H3. The number of unbranched alkanes of at least 4 members (excludes halogenated alkanes) is 2. The molecular weight excluding hydrogens is 661 g/mol. The van der Waals surface area contributed by atoms with Gasteiger partial charge in [-0.25, -0.2) is 9.59 Å². The number of aliphatic hydroxyl groups excluding tert-OH is 2. The molecule has 2 saturated carbocycles. The summed E-state index contributed by atoms with van der Waals surface area (Å²) in [5.41, 5.74) is 5.75. The number of rotatable bonds is 17. The van der Waals surface area contributed by atoms with E-state index >= 15 is 0 Å². The molecule has 3 aromatic carbocycles. The average Bonchev–Trinajstić information content (AvgIpc) is 3.20. The SMILES string of the molecule is C=C(CO)C(=O)Oc1ccc(C2(c3ccc(OC(=O)C(=C)CO)c(CC)c3)CCC(c3ccc(CCC4CCC(CCCCC)CC4)cc3)CC2)cc1. The normalized spacial score (nSPS) is 21.5. The molecule has 0 saturated heterocycles. The van der Waals surface area contributed by atoms with Crippen molar-refractivity contribution < 1.29 is 29.3 Å². The van der Waals surface area contributed by atoms with Crippen molar-refractivity contribution in [2.24, 2.45) is 11.8 Å². The molecule has 0 spiro atoms. The van der Waals surface area contributed by atoms with E-state index in [9.17, 15) is 19.8 Å². The van der Waals surface area contributed by atoms with Crippen LogP contribution >= 0.6 is 0 Å². The number of carbonyl (C=O) groups is 2. The summed E-state index contributed by atoms with van der Waals surface area (Å²) >= 11 is 0. The average molecular weight is 721 g/mol. The molecule has 0 bridgehead atoms. The number of carbonyl (C=O) groups excluding carboxylic acids is 2. The first-order valence-electron chi connectivity index (χ1n) is 20.0. The van der Waals surface area contributed by atoms with Crippen LogP contribution in [-0.4, -0.2) is 35.4 Å². The second kappa shape index (κ2) is 19.4. The summed E-state index contributed by atoms with van der Waals surface area (Å²) < 4.78 is 11.1. The Bertz CT molecular complexity index is 1670. The lowest BCUT2D eigenvalue weighted by molar-refractivity contribution is -0.131. The van der Waals surface area contributed by atoms with Crippen molar-refractivity contribution in [1.29, 1.82) is 0 Å². The van der Waals surface area contributed by atoms with Gasteiger partial charge in [0, 0.05) is 5.41 Å². The third-order valence-electron chi connectivity index (χ3n) is 12.1. The first-order chi connectivity index (χ1) is 25.7. The molecular formula is C47H60O6. The van der Waals surface area contributed by atoms with Gasteiger partial charge in [-0.3, -0.25) is 0 Å². The monoisotopic (exact) mass is 720 g/mol. The molecule has 0 aliphatic heterocycles. The fourth-order valence-corrected chi connectivity index (χ4v) is 8.58. The minimum absolute atomic E-state index is 0.00256. The number of benzene rings is 3. The molecule has 5 rings (SSSR count). The molecule has 2 aliphatic rings. The second-order valence-electron chi connectivity index (χ2n) is 15.5. The maximum atomic E-state index is 12.5. The van der Waals surface area contributed by atoms with Gasteiger partial charge in [-0.05, 0) is 109 Å². The Balaban J connectivity index is 1.29. The van der Waals surface area contributed by atoms with E-state index in [2.05, 4.69) is 56.5 Å². The van der Waals surface area contributed by atoms with Crippen LogP contribution < -0.4 is 9.47 Å². The van der Waals surface area contributed by atoms with Gasteiger partial charge in [0.2, 0.25) is 0 Å². The van der Waals surface area contributed by atoms with Gasteiger partial charge in [0.1, 0.15) is 11.5 Å². The van der Waals surface area contributed by atoms with Crippen LogP contribution in [0.5, 0.6) is 11.5 Å². The number of aliphatic hydroxyl groups is 2. The number of hydrogen-bond acceptors (Lipinski definition) is 6. The summed E-state index contributed by atoms with van der Waals surface area (Å²) in [6.45, 7) is 10.6. The molecule has 0 heterocycles. The molecule has 6 nitrogen and oxygen atoms in total. The lowest BCUT2D eigenvalue weighted by Gasteiger charge is -2.42. The van der Waals surface area contributed by atoms with Crippen LogP contribution in [0, 0.1) is 11.8 Å². The molecule has 3 aromatic rings. The molecule has 0 atom stereocenters. The zero-order valence-electron chi connectivity index (χ0n) is 32.0. The Labute approximate surface area is 317 Å². The van der Waals surface area contributed by atoms with Gasteiger partial charge in [-0.15, -0.1) is 0 Å². The van der Waals surface area contributed by atoms with Gasteiger partial charge in [-0.2, -0.15) is 0 Å². The van der Waals surface area contributed by atoms with Crippen molar-refractivity contribution in [3.63, 3.8) is 0 Å². The van der Waals surface area contributed by atoms with E-state index < -0.39 is 25.2 Å². The van der Waals surface area contributed by atoms with Gasteiger partial charge < -0.3 is 19.7 Å². The van der Waals surface area contributed by atoms with Gasteiger partial charge in [0.05, 0.1) is 24.4 Å². The van der Waals surface area contributed by atoms with E-state index in [-0.39, 0.29) is 16.6 Å². The highest BCUT2D eigenvalue weighted by Gasteiger charge is 2.39. The number of ether oxygens (including phenoxy) is 2. The Kier molecular flexibility index (Phi) is 14.7. The Morgan fingerprint density at radius 1 is 0.717 bits per heavy atom. The lowest BCUT2D eigenvalue weighted by atomic mass is 9.62. The zero-order chi connectivity index (χ0) is 37.8. The van der Waals surface area contributed by atoms with E-state index in [1.807, 2.05) is 25.1 Å². The highest BCUT2D eigenvalue weighted by atomic mass is 16.5. The summed E-state index contributed by atoms with van der Waals surface area (Å²) in [6, 6.07) is 23.2. The Hall–Kier alpha value is -4.00. The van der Waals surface area contributed by atoms with E-state index in [4.69, 9.17) is 9.47 Å². The molecule has 2 N–H and O–H groups in total. The van der Waals surface area contributed by atoms with Crippen LogP contribution in [0.25, 0.3) is 0 Å². The minimum Gasteiger partial charge on any atom is -0.423 e. The summed E-state index contributed by atoms with van der Waals surface area (Å²) in [5.74, 6) is 1.88. The van der Waals surface area contributed by atoms with Crippen LogP contribution in [0.4, 0.5) is 0 Å². The Morgan fingerprint density at radius 2 is 1.30 bits per heavy atom. The second-order valence-corrected chi connectivity index (χ2v) is 15.5. The number of hydrogen-bond donors (Lipinski definition) is 2. The van der Waals surface area contributed by atoms with Gasteiger partial charge >= 0.3 is 11.9 Å². The third-order valence-corrected chi connectivity index (χ3v) is 12.1. The van der Waals surface area contributed by atoms with E-state index in [1.54, 1.807) is 12.1 Å². The minimum atomic E-state index is -0.650. The zero-order valence-corrected chi connectivity index (χ0v) is 32.0. The predicted molar refractivity (Wildman–Crippen MR) is 212 cm³/mol. The quantitative estimate of drug-likeness (QED) is 0.0624. The molecule has 0 unspecified atom stereocenters. The van der Waals surface area contributed by atoms with Gasteiger partial charge in [-0.1, -0.05) is 127 Å². The summed E-state index contributed by atoms with van der Waals surface area (Å²) in [6.07, 6.45) is 18.2. The van der Waals surface area contributed by atoms with Gasteiger partial charge in [0.25, 0.3) is 0 Å². The summed E-state index contributed by atoms with van der Waals surface area (Å²) in [4.78, 5) is 24.7. The van der Waals surface area contributed by atoms with E-state index in [0.29, 0.717) is 23.8 Å². The summed E-state index contributed by atoms with van der Waals surface area (Å²) in [5, 5.41) is 18.7. The summed E-state index contributed by atoms with van der Waals surface area (Å²) in [7, 11) is 0. The predicted octanol–water partition coefficient (Wildman–Crippen LogP) is 10.1. The largest absolute Gasteiger partial charge is 0.423 e. The third kappa shape index (κ3) is 10.4. The molecule has 2 aliphatic carbocycles. The molecule has 0 amide bonds. The van der Waals surface area contributed by atoms with Crippen molar-refractivity contribution in [3.05, 3.63) is 119 Å². The molecule has 6 heteroatoms. The van der Waals surface area contributed by atoms with Crippen molar-refractivity contribution in [3.8, 4) is 11.5 Å². The van der Waals surface area contributed by atoms with Crippen molar-refractivity contribution in [1.82, 2.24) is 0 Å². The Morgan fingerprint density at radius 3 is 1.89 bits per heavy atom. The molecule has 53 heavy (non-hydrogen) atoms. The van der Waals surface area contributed by atoms with Crippen LogP contribution in [-0.2, 0) is 27.8 Å². The maximum Gasteiger partial charge on any atom is 0.341 e. The topological polar surface area (TPSA) is 93.1 Å². The van der Waals surface area contributed by atoms with E-state index in [0.717, 1.165) is 60.6 Å².